The molecule has 0 N–H and O–H groups in total. The highest BCUT2D eigenvalue weighted by molar-refractivity contribution is 5.46. The summed E-state index contributed by atoms with van der Waals surface area (Å²) >= 11 is 0. The van der Waals surface area contributed by atoms with Crippen molar-refractivity contribution in [3.63, 3.8) is 0 Å². The maximum Gasteiger partial charge on any atom is 0.291 e. The van der Waals surface area contributed by atoms with Gasteiger partial charge in [-0.25, -0.2) is 0 Å². The van der Waals surface area contributed by atoms with Crippen LogP contribution in [0.25, 0.3) is 0 Å². The molecule has 3 rings (SSSR count). The smallest absolute Gasteiger partial charge is 0.291 e. The summed E-state index contributed by atoms with van der Waals surface area (Å²) in [7, 11) is 1.55. The fourth-order valence-corrected chi connectivity index (χ4v) is 5.60. The average Bonchev–Trinajstić information content (AvgIpc) is 2.51. The third kappa shape index (κ3) is 1.87. The fraction of sp³-hybridized carbons (Fsp3) is 0.571. The summed E-state index contributed by atoms with van der Waals surface area (Å²) in [6.45, 7) is 14.8. The SMILES string of the molecule is COc1oc([C@@]2(C)[C@H](C)[C@@]3(C)C=C(C)C=C(C)[C@H]32)c(C)c(=O)c1C. The van der Waals surface area contributed by atoms with Crippen molar-refractivity contribution in [2.24, 2.45) is 17.3 Å². The molecule has 4 atom stereocenters. The number of methoxy groups -OCH3 is 1. The molecule has 2 aliphatic carbocycles. The summed E-state index contributed by atoms with van der Waals surface area (Å²) in [5, 5.41) is 0. The van der Waals surface area contributed by atoms with Crippen LogP contribution in [0, 0.1) is 31.1 Å². The van der Waals surface area contributed by atoms with Gasteiger partial charge in [-0.1, -0.05) is 44.1 Å². The summed E-state index contributed by atoms with van der Waals surface area (Å²) in [6.07, 6.45) is 4.64. The van der Waals surface area contributed by atoms with Gasteiger partial charge in [-0.3, -0.25) is 4.79 Å². The van der Waals surface area contributed by atoms with Crippen LogP contribution in [0.1, 0.15) is 51.5 Å². The molecule has 24 heavy (non-hydrogen) atoms. The number of allylic oxidation sites excluding steroid dienone is 4. The topological polar surface area (TPSA) is 39.4 Å². The van der Waals surface area contributed by atoms with Crippen molar-refractivity contribution in [1.29, 1.82) is 0 Å². The number of fused-ring (bicyclic) bond motifs is 1. The van der Waals surface area contributed by atoms with E-state index in [1.807, 2.05) is 6.92 Å². The van der Waals surface area contributed by atoms with Gasteiger partial charge in [-0.2, -0.15) is 0 Å². The highest BCUT2D eigenvalue weighted by Crippen LogP contribution is 2.69. The number of ether oxygens (including phenoxy) is 1. The Bertz CT molecular complexity index is 826. The van der Waals surface area contributed by atoms with E-state index in [4.69, 9.17) is 9.15 Å². The van der Waals surface area contributed by atoms with E-state index in [0.717, 1.165) is 5.76 Å². The molecule has 1 saturated carbocycles. The Morgan fingerprint density at radius 3 is 2.33 bits per heavy atom. The Balaban J connectivity index is 2.23. The normalized spacial score (nSPS) is 34.8. The molecule has 3 heteroatoms. The van der Waals surface area contributed by atoms with Gasteiger partial charge in [0.15, 0.2) is 5.43 Å². The molecule has 0 spiro atoms. The van der Waals surface area contributed by atoms with Gasteiger partial charge in [0, 0.05) is 16.9 Å². The van der Waals surface area contributed by atoms with E-state index >= 15 is 0 Å². The molecule has 0 bridgehead atoms. The zero-order valence-corrected chi connectivity index (χ0v) is 16.0. The molecule has 1 heterocycles. The van der Waals surface area contributed by atoms with Crippen LogP contribution < -0.4 is 10.2 Å². The van der Waals surface area contributed by atoms with Crippen molar-refractivity contribution in [2.75, 3.05) is 7.11 Å². The molecule has 1 aromatic heterocycles. The van der Waals surface area contributed by atoms with Crippen LogP contribution in [0.5, 0.6) is 5.95 Å². The number of hydrogen-bond donors (Lipinski definition) is 0. The monoisotopic (exact) mass is 328 g/mol. The first-order valence-corrected chi connectivity index (χ1v) is 8.65. The van der Waals surface area contributed by atoms with Gasteiger partial charge >= 0.3 is 0 Å². The first kappa shape index (κ1) is 17.1. The van der Waals surface area contributed by atoms with Gasteiger partial charge < -0.3 is 9.15 Å². The Labute approximate surface area is 144 Å². The predicted molar refractivity (Wildman–Crippen MR) is 96.6 cm³/mol. The third-order valence-electron chi connectivity index (χ3n) is 6.70. The zero-order valence-electron chi connectivity index (χ0n) is 16.0. The van der Waals surface area contributed by atoms with Crippen LogP contribution in [0.4, 0.5) is 0 Å². The van der Waals surface area contributed by atoms with Gasteiger partial charge in [-0.05, 0) is 39.0 Å². The minimum atomic E-state index is -0.212. The third-order valence-corrected chi connectivity index (χ3v) is 6.70. The lowest BCUT2D eigenvalue weighted by Crippen LogP contribution is -2.64. The molecule has 1 fully saturated rings. The van der Waals surface area contributed by atoms with Crippen molar-refractivity contribution in [1.82, 2.24) is 0 Å². The zero-order chi connectivity index (χ0) is 18.0. The first-order valence-electron chi connectivity index (χ1n) is 8.65. The van der Waals surface area contributed by atoms with Gasteiger partial charge in [-0.15, -0.1) is 0 Å². The highest BCUT2D eigenvalue weighted by Gasteiger charge is 2.66. The van der Waals surface area contributed by atoms with Crippen LogP contribution >= 0.6 is 0 Å². The van der Waals surface area contributed by atoms with Gasteiger partial charge in [0.05, 0.1) is 12.7 Å². The van der Waals surface area contributed by atoms with E-state index in [0.29, 0.717) is 28.9 Å². The lowest BCUT2D eigenvalue weighted by molar-refractivity contribution is -0.0785. The summed E-state index contributed by atoms with van der Waals surface area (Å²) in [6, 6.07) is 0. The van der Waals surface area contributed by atoms with Crippen LogP contribution in [-0.2, 0) is 5.41 Å². The van der Waals surface area contributed by atoms with Crippen molar-refractivity contribution in [3.05, 3.63) is 50.4 Å². The highest BCUT2D eigenvalue weighted by atomic mass is 16.6. The molecule has 0 unspecified atom stereocenters. The second-order valence-corrected chi connectivity index (χ2v) is 8.08. The minimum Gasteiger partial charge on any atom is -0.468 e. The first-order chi connectivity index (χ1) is 11.1. The Kier molecular flexibility index (Phi) is 3.63. The molecule has 0 aromatic carbocycles. The Morgan fingerprint density at radius 2 is 1.75 bits per heavy atom. The Morgan fingerprint density at radius 1 is 1.12 bits per heavy atom. The summed E-state index contributed by atoms with van der Waals surface area (Å²) in [4.78, 5) is 12.7. The molecule has 0 aliphatic heterocycles. The molecule has 130 valence electrons. The lowest BCUT2D eigenvalue weighted by Gasteiger charge is -2.66. The van der Waals surface area contributed by atoms with Crippen LogP contribution in [0.15, 0.2) is 32.5 Å². The number of hydrogen-bond acceptors (Lipinski definition) is 3. The van der Waals surface area contributed by atoms with E-state index < -0.39 is 0 Å². The molecule has 0 saturated heterocycles. The van der Waals surface area contributed by atoms with E-state index in [-0.39, 0.29) is 16.3 Å². The predicted octanol–water partition coefficient (Wildman–Crippen LogP) is 4.70. The molecule has 1 aromatic rings. The average molecular weight is 328 g/mol. The van der Waals surface area contributed by atoms with Gasteiger partial charge in [0.25, 0.3) is 5.95 Å². The molecular weight excluding hydrogens is 300 g/mol. The van der Waals surface area contributed by atoms with Crippen LogP contribution in [-0.4, -0.2) is 7.11 Å². The van der Waals surface area contributed by atoms with E-state index in [1.54, 1.807) is 14.0 Å². The maximum atomic E-state index is 12.7. The lowest BCUT2D eigenvalue weighted by atomic mass is 9.37. The van der Waals surface area contributed by atoms with Crippen LogP contribution in [0.3, 0.4) is 0 Å². The van der Waals surface area contributed by atoms with Crippen LogP contribution in [0.2, 0.25) is 0 Å². The fourth-order valence-electron chi connectivity index (χ4n) is 5.60. The molecule has 0 amide bonds. The van der Waals surface area contributed by atoms with Crippen molar-refractivity contribution < 1.29 is 9.15 Å². The second kappa shape index (κ2) is 5.11. The summed E-state index contributed by atoms with van der Waals surface area (Å²) < 4.78 is 11.5. The maximum absolute atomic E-state index is 12.7. The van der Waals surface area contributed by atoms with Gasteiger partial charge in [0.2, 0.25) is 0 Å². The van der Waals surface area contributed by atoms with Crippen molar-refractivity contribution in [2.45, 2.75) is 53.9 Å². The van der Waals surface area contributed by atoms with Crippen molar-refractivity contribution >= 4 is 0 Å². The Hall–Kier alpha value is -1.77. The molecule has 3 nitrogen and oxygen atoms in total. The minimum absolute atomic E-state index is 0.0271. The van der Waals surface area contributed by atoms with E-state index in [2.05, 4.69) is 46.8 Å². The van der Waals surface area contributed by atoms with E-state index in [1.165, 1.54) is 11.1 Å². The van der Waals surface area contributed by atoms with Gasteiger partial charge in [0.1, 0.15) is 5.76 Å². The summed E-state index contributed by atoms with van der Waals surface area (Å²) in [5.74, 6) is 1.82. The number of rotatable bonds is 2. The molecule has 0 radical (unpaired) electrons. The van der Waals surface area contributed by atoms with E-state index in [9.17, 15) is 4.79 Å². The molecular formula is C21H28O3. The second-order valence-electron chi connectivity index (χ2n) is 8.08. The summed E-state index contributed by atoms with van der Waals surface area (Å²) in [5.41, 5.74) is 3.85. The molecule has 2 aliphatic rings. The standard InChI is InChI=1S/C21H28O3/c1-11-9-12(2)17-20(6,10-11)15(5)21(17,7)18-13(3)16(22)14(4)19(23-8)24-18/h9-10,15,17H,1-8H3/t15-,17-,20-,21+/m1/s1. The largest absolute Gasteiger partial charge is 0.468 e. The van der Waals surface area contributed by atoms with Crippen molar-refractivity contribution in [3.8, 4) is 5.95 Å². The quantitative estimate of drug-likeness (QED) is 0.790.